The summed E-state index contributed by atoms with van der Waals surface area (Å²) in [6.45, 7) is 5.47. The van der Waals surface area contributed by atoms with Crippen molar-refractivity contribution in [1.82, 2.24) is 14.7 Å². The van der Waals surface area contributed by atoms with Gasteiger partial charge >= 0.3 is 0 Å². The number of fused-ring (bicyclic) bond motifs is 7. The van der Waals surface area contributed by atoms with Crippen LogP contribution in [0.15, 0.2) is 75.5 Å². The normalized spacial score (nSPS) is 28.3. The first kappa shape index (κ1) is 23.2. The summed E-state index contributed by atoms with van der Waals surface area (Å²) in [4.78, 5) is 39.9. The molecule has 1 saturated carbocycles. The van der Waals surface area contributed by atoms with Crippen molar-refractivity contribution in [2.24, 2.45) is 28.7 Å². The molecule has 3 aliphatic heterocycles. The van der Waals surface area contributed by atoms with E-state index in [0.29, 0.717) is 18.4 Å². The predicted octanol–water partition coefficient (Wildman–Crippen LogP) is 4.43. The van der Waals surface area contributed by atoms with E-state index in [1.807, 2.05) is 0 Å². The lowest BCUT2D eigenvalue weighted by atomic mass is 9.85. The summed E-state index contributed by atoms with van der Waals surface area (Å²) in [6.07, 6.45) is 7.21. The maximum absolute atomic E-state index is 12.9. The number of hydrogen-bond acceptors (Lipinski definition) is 6. The van der Waals surface area contributed by atoms with Crippen LogP contribution in [0.4, 0.5) is 5.69 Å². The van der Waals surface area contributed by atoms with Crippen molar-refractivity contribution >= 4 is 35.1 Å². The van der Waals surface area contributed by atoms with Crippen LogP contribution in [0, 0.1) is 23.7 Å². The zero-order chi connectivity index (χ0) is 24.9. The number of piperazine rings is 1. The molecule has 2 bridgehead atoms. The molecule has 4 atom stereocenters. The van der Waals surface area contributed by atoms with Crippen molar-refractivity contribution in [3.63, 3.8) is 0 Å². The first-order valence-corrected chi connectivity index (χ1v) is 14.4. The maximum atomic E-state index is 12.9. The number of amidine groups is 1. The van der Waals surface area contributed by atoms with Gasteiger partial charge in [-0.05, 0) is 55.8 Å². The summed E-state index contributed by atoms with van der Waals surface area (Å²) >= 11 is 1.80. The number of aliphatic imine (C=N–C) groups is 1. The number of nitrogens with zero attached hydrogens (tertiary/aromatic N) is 4. The Kier molecular flexibility index (Phi) is 5.93. The molecule has 6 nitrogen and oxygen atoms in total. The number of carbonyl (C=O) groups excluding carboxylic acids is 2. The largest absolute Gasteiger partial charge is 0.354 e. The van der Waals surface area contributed by atoms with Gasteiger partial charge in [-0.25, -0.2) is 4.99 Å². The fraction of sp³-hybridized carbons (Fsp3) is 0.433. The van der Waals surface area contributed by atoms with Gasteiger partial charge in [0.1, 0.15) is 5.84 Å². The second kappa shape index (κ2) is 9.44. The van der Waals surface area contributed by atoms with Crippen LogP contribution in [0.3, 0.4) is 0 Å². The number of hydrogen-bond donors (Lipinski definition) is 0. The molecule has 0 radical (unpaired) electrons. The third kappa shape index (κ3) is 4.03. The van der Waals surface area contributed by atoms with Crippen LogP contribution < -0.4 is 0 Å². The highest BCUT2D eigenvalue weighted by atomic mass is 32.2. The van der Waals surface area contributed by atoms with E-state index in [0.717, 1.165) is 63.5 Å². The van der Waals surface area contributed by atoms with Crippen molar-refractivity contribution in [3.8, 4) is 0 Å². The smallest absolute Gasteiger partial charge is 0.233 e. The van der Waals surface area contributed by atoms with Gasteiger partial charge in [0.15, 0.2) is 0 Å². The summed E-state index contributed by atoms with van der Waals surface area (Å²) in [5.41, 5.74) is 2.26. The second-order valence-corrected chi connectivity index (χ2v) is 11.9. The molecule has 2 amide bonds. The second-order valence-electron chi connectivity index (χ2n) is 10.9. The lowest BCUT2D eigenvalue weighted by Gasteiger charge is -2.36. The zero-order valence-electron chi connectivity index (χ0n) is 21.0. The average Bonchev–Trinajstić information content (AvgIpc) is 3.57. The Morgan fingerprint density at radius 2 is 1.43 bits per heavy atom. The summed E-state index contributed by atoms with van der Waals surface area (Å²) in [7, 11) is 0. The molecule has 7 heteroatoms. The molecule has 2 unspecified atom stereocenters. The van der Waals surface area contributed by atoms with Gasteiger partial charge in [0.2, 0.25) is 11.8 Å². The lowest BCUT2D eigenvalue weighted by molar-refractivity contribution is -0.140. The minimum atomic E-state index is -0.0713. The summed E-state index contributed by atoms with van der Waals surface area (Å²) in [5, 5.41) is 0. The van der Waals surface area contributed by atoms with Gasteiger partial charge in [-0.1, -0.05) is 54.2 Å². The van der Waals surface area contributed by atoms with Crippen LogP contribution in [0.5, 0.6) is 0 Å². The minimum Gasteiger partial charge on any atom is -0.354 e. The Balaban J connectivity index is 0.938. The molecule has 5 aliphatic rings. The van der Waals surface area contributed by atoms with Crippen molar-refractivity contribution < 1.29 is 9.59 Å². The van der Waals surface area contributed by atoms with E-state index in [1.54, 1.807) is 16.7 Å². The third-order valence-electron chi connectivity index (χ3n) is 8.78. The topological polar surface area (TPSA) is 56.2 Å². The number of carbonyl (C=O) groups is 2. The predicted molar refractivity (Wildman–Crippen MR) is 145 cm³/mol. The van der Waals surface area contributed by atoms with E-state index in [-0.39, 0.29) is 23.7 Å². The molecule has 2 aromatic carbocycles. The Morgan fingerprint density at radius 3 is 2.19 bits per heavy atom. The van der Waals surface area contributed by atoms with Gasteiger partial charge in [-0.2, -0.15) is 0 Å². The third-order valence-corrected chi connectivity index (χ3v) is 9.92. The van der Waals surface area contributed by atoms with Crippen molar-refractivity contribution in [2.75, 3.05) is 39.3 Å². The van der Waals surface area contributed by atoms with Gasteiger partial charge < -0.3 is 4.90 Å². The highest BCUT2D eigenvalue weighted by molar-refractivity contribution is 7.99. The van der Waals surface area contributed by atoms with E-state index < -0.39 is 0 Å². The standard InChI is InChI=1S/C30H32N4O2S/c35-29-26-20-11-12-21(19-20)27(26)30(36)34(29)14-6-5-13-32-15-17-33(18-16-32)28-22-7-1-3-9-24(22)37-25-10-4-2-8-23(25)31-28/h1-4,7-12,20-21,26-27H,5-6,13-19H2/t20-,21-,26?,27?/m1/s1. The number of rotatable bonds is 5. The van der Waals surface area contributed by atoms with Crippen molar-refractivity contribution in [2.45, 2.75) is 29.1 Å². The molecule has 2 aromatic rings. The van der Waals surface area contributed by atoms with E-state index in [9.17, 15) is 9.59 Å². The van der Waals surface area contributed by atoms with Gasteiger partial charge in [0.05, 0.1) is 17.5 Å². The van der Waals surface area contributed by atoms with Gasteiger partial charge in [-0.15, -0.1) is 0 Å². The first-order chi connectivity index (χ1) is 18.2. The number of para-hydroxylation sites is 1. The van der Waals surface area contributed by atoms with Gasteiger partial charge in [0, 0.05) is 48.1 Å². The Bertz CT molecular complexity index is 1270. The van der Waals surface area contributed by atoms with Crippen LogP contribution in [0.25, 0.3) is 0 Å². The SMILES string of the molecule is O=C1C2C(C(=O)N1CCCCN1CCN(C3=Nc4ccccc4Sc4ccccc43)CC1)[C@@H]1C=C[C@@H]2C1. The van der Waals surface area contributed by atoms with Crippen LogP contribution in [-0.4, -0.2) is 71.6 Å². The monoisotopic (exact) mass is 512 g/mol. The number of imide groups is 1. The molecule has 37 heavy (non-hydrogen) atoms. The van der Waals surface area contributed by atoms with Crippen LogP contribution in [-0.2, 0) is 9.59 Å². The number of unbranched alkanes of at least 4 members (excludes halogenated alkanes) is 1. The van der Waals surface area contributed by atoms with Gasteiger partial charge in [0.25, 0.3) is 0 Å². The molecule has 0 N–H and O–H groups in total. The fourth-order valence-electron chi connectivity index (χ4n) is 6.88. The maximum Gasteiger partial charge on any atom is 0.233 e. The molecule has 7 rings (SSSR count). The summed E-state index contributed by atoms with van der Waals surface area (Å²) in [6, 6.07) is 17.0. The number of allylic oxidation sites excluding steroid dienone is 2. The Hall–Kier alpha value is -2.90. The quantitative estimate of drug-likeness (QED) is 0.337. The van der Waals surface area contributed by atoms with Crippen molar-refractivity contribution in [1.29, 1.82) is 0 Å². The van der Waals surface area contributed by atoms with E-state index in [2.05, 4.69) is 70.5 Å². The van der Waals surface area contributed by atoms with E-state index in [1.165, 1.54) is 15.4 Å². The Labute approximate surface area is 222 Å². The molecule has 2 aliphatic carbocycles. The molecule has 3 fully saturated rings. The summed E-state index contributed by atoms with van der Waals surface area (Å²) < 4.78 is 0. The number of likely N-dealkylation sites (tertiary alicyclic amines) is 1. The van der Waals surface area contributed by atoms with Crippen LogP contribution in [0.2, 0.25) is 0 Å². The van der Waals surface area contributed by atoms with Gasteiger partial charge in [-0.3, -0.25) is 19.4 Å². The van der Waals surface area contributed by atoms with E-state index >= 15 is 0 Å². The zero-order valence-corrected chi connectivity index (χ0v) is 21.8. The molecular weight excluding hydrogens is 480 g/mol. The first-order valence-electron chi connectivity index (χ1n) is 13.6. The fourth-order valence-corrected chi connectivity index (χ4v) is 7.90. The van der Waals surface area contributed by atoms with E-state index in [4.69, 9.17) is 4.99 Å². The lowest BCUT2D eigenvalue weighted by Crippen LogP contribution is -2.49. The highest BCUT2D eigenvalue weighted by Crippen LogP contribution is 2.52. The molecule has 0 aromatic heterocycles. The molecule has 0 spiro atoms. The minimum absolute atomic E-state index is 0.0713. The highest BCUT2D eigenvalue weighted by Gasteiger charge is 2.58. The average molecular weight is 513 g/mol. The molecule has 190 valence electrons. The van der Waals surface area contributed by atoms with Crippen LogP contribution >= 0.6 is 11.8 Å². The molecular formula is C30H32N4O2S. The van der Waals surface area contributed by atoms with Crippen molar-refractivity contribution in [3.05, 3.63) is 66.2 Å². The molecule has 3 heterocycles. The summed E-state index contributed by atoms with van der Waals surface area (Å²) in [5.74, 6) is 1.70. The number of amides is 2. The van der Waals surface area contributed by atoms with Crippen LogP contribution in [0.1, 0.15) is 24.8 Å². The molecule has 2 saturated heterocycles. The Morgan fingerprint density at radius 1 is 0.784 bits per heavy atom. The number of benzene rings is 2.